The number of nitrogens with one attached hydrogen (secondary N) is 2. The Balaban J connectivity index is 1.74. The molecule has 0 atom stereocenters. The molecule has 2 amide bonds. The first-order valence-corrected chi connectivity index (χ1v) is 9.09. The highest BCUT2D eigenvalue weighted by molar-refractivity contribution is 9.10. The number of para-hydroxylation sites is 2. The second kappa shape index (κ2) is 9.34. The summed E-state index contributed by atoms with van der Waals surface area (Å²) < 4.78 is 6.12. The van der Waals surface area contributed by atoms with Crippen molar-refractivity contribution in [2.75, 3.05) is 29.2 Å². The Bertz CT molecular complexity index is 707. The SMILES string of the molecule is COc1ccccc1NC(=O)CSCC(=O)Nc1ccc(Br)cc1. The van der Waals surface area contributed by atoms with Gasteiger partial charge in [-0.25, -0.2) is 0 Å². The first-order valence-electron chi connectivity index (χ1n) is 7.14. The Hall–Kier alpha value is -1.99. The highest BCUT2D eigenvalue weighted by Crippen LogP contribution is 2.23. The van der Waals surface area contributed by atoms with Gasteiger partial charge < -0.3 is 15.4 Å². The van der Waals surface area contributed by atoms with Gasteiger partial charge in [-0.15, -0.1) is 11.8 Å². The predicted molar refractivity (Wildman–Crippen MR) is 102 cm³/mol. The van der Waals surface area contributed by atoms with E-state index in [9.17, 15) is 9.59 Å². The van der Waals surface area contributed by atoms with Crippen LogP contribution in [0.3, 0.4) is 0 Å². The predicted octanol–water partition coefficient (Wildman–Crippen LogP) is 3.77. The number of rotatable bonds is 7. The summed E-state index contributed by atoms with van der Waals surface area (Å²) in [4.78, 5) is 23.8. The van der Waals surface area contributed by atoms with E-state index in [0.717, 1.165) is 10.2 Å². The number of methoxy groups -OCH3 is 1. The van der Waals surface area contributed by atoms with Gasteiger partial charge in [-0.05, 0) is 36.4 Å². The van der Waals surface area contributed by atoms with Crippen molar-refractivity contribution in [2.24, 2.45) is 0 Å². The Morgan fingerprint density at radius 3 is 2.29 bits per heavy atom. The van der Waals surface area contributed by atoms with Gasteiger partial charge in [0.15, 0.2) is 0 Å². The van der Waals surface area contributed by atoms with Crippen LogP contribution in [-0.2, 0) is 9.59 Å². The van der Waals surface area contributed by atoms with E-state index in [1.54, 1.807) is 31.4 Å². The molecule has 0 aliphatic heterocycles. The Morgan fingerprint density at radius 1 is 1.00 bits per heavy atom. The van der Waals surface area contributed by atoms with Crippen molar-refractivity contribution in [3.63, 3.8) is 0 Å². The Labute approximate surface area is 153 Å². The number of ether oxygens (including phenoxy) is 1. The lowest BCUT2D eigenvalue weighted by Gasteiger charge is -2.09. The van der Waals surface area contributed by atoms with E-state index in [4.69, 9.17) is 4.74 Å². The minimum atomic E-state index is -0.180. The van der Waals surface area contributed by atoms with Crippen LogP contribution < -0.4 is 15.4 Å². The fourth-order valence-corrected chi connectivity index (χ4v) is 2.78. The molecule has 0 aliphatic carbocycles. The standard InChI is InChI=1S/C17H17BrN2O3S/c1-23-15-5-3-2-4-14(15)20-17(22)11-24-10-16(21)19-13-8-6-12(18)7-9-13/h2-9H,10-11H2,1H3,(H,19,21)(H,20,22). The number of benzene rings is 2. The molecule has 0 aromatic heterocycles. The Morgan fingerprint density at radius 2 is 1.62 bits per heavy atom. The van der Waals surface area contributed by atoms with Gasteiger partial charge in [-0.1, -0.05) is 28.1 Å². The summed E-state index contributed by atoms with van der Waals surface area (Å²) in [5.74, 6) is 0.665. The number of hydrogen-bond donors (Lipinski definition) is 2. The van der Waals surface area contributed by atoms with Crippen LogP contribution in [0.2, 0.25) is 0 Å². The van der Waals surface area contributed by atoms with Gasteiger partial charge >= 0.3 is 0 Å². The fourth-order valence-electron chi connectivity index (χ4n) is 1.90. The van der Waals surface area contributed by atoms with E-state index in [-0.39, 0.29) is 23.3 Å². The van der Waals surface area contributed by atoms with Gasteiger partial charge in [0.25, 0.3) is 0 Å². The lowest BCUT2D eigenvalue weighted by molar-refractivity contribution is -0.114. The van der Waals surface area contributed by atoms with Crippen LogP contribution in [0.15, 0.2) is 53.0 Å². The van der Waals surface area contributed by atoms with Crippen LogP contribution in [0, 0.1) is 0 Å². The van der Waals surface area contributed by atoms with Crippen molar-refractivity contribution in [1.29, 1.82) is 0 Å². The highest BCUT2D eigenvalue weighted by atomic mass is 79.9. The molecule has 0 unspecified atom stereocenters. The number of carbonyl (C=O) groups is 2. The van der Waals surface area contributed by atoms with Gasteiger partial charge in [0.2, 0.25) is 11.8 Å². The van der Waals surface area contributed by atoms with E-state index in [1.165, 1.54) is 11.8 Å². The smallest absolute Gasteiger partial charge is 0.234 e. The molecule has 2 N–H and O–H groups in total. The summed E-state index contributed by atoms with van der Waals surface area (Å²) in [6.07, 6.45) is 0. The van der Waals surface area contributed by atoms with Crippen LogP contribution in [0.5, 0.6) is 5.75 Å². The summed E-state index contributed by atoms with van der Waals surface area (Å²) in [6, 6.07) is 14.5. The molecule has 0 spiro atoms. The zero-order valence-corrected chi connectivity index (χ0v) is 15.4. The largest absolute Gasteiger partial charge is 0.495 e. The second-order valence-corrected chi connectivity index (χ2v) is 6.70. The van der Waals surface area contributed by atoms with E-state index >= 15 is 0 Å². The third-order valence-electron chi connectivity index (χ3n) is 2.98. The highest BCUT2D eigenvalue weighted by Gasteiger charge is 2.09. The van der Waals surface area contributed by atoms with Crippen LogP contribution in [-0.4, -0.2) is 30.4 Å². The molecule has 24 heavy (non-hydrogen) atoms. The first-order chi connectivity index (χ1) is 11.6. The van der Waals surface area contributed by atoms with Crippen LogP contribution in [0.25, 0.3) is 0 Å². The van der Waals surface area contributed by atoms with Gasteiger partial charge in [-0.3, -0.25) is 9.59 Å². The lowest BCUT2D eigenvalue weighted by Crippen LogP contribution is -2.18. The summed E-state index contributed by atoms with van der Waals surface area (Å²) >= 11 is 4.59. The van der Waals surface area contributed by atoms with Crippen molar-refractivity contribution < 1.29 is 14.3 Å². The molecule has 0 bridgehead atoms. The third kappa shape index (κ3) is 5.90. The normalized spacial score (nSPS) is 10.1. The number of halogens is 1. The molecule has 7 heteroatoms. The molecule has 0 fully saturated rings. The zero-order chi connectivity index (χ0) is 17.4. The molecule has 126 valence electrons. The molecular formula is C17H17BrN2O3S. The van der Waals surface area contributed by atoms with Crippen LogP contribution in [0.1, 0.15) is 0 Å². The monoisotopic (exact) mass is 408 g/mol. The molecule has 5 nitrogen and oxygen atoms in total. The van der Waals surface area contributed by atoms with Crippen molar-refractivity contribution in [3.8, 4) is 5.75 Å². The number of hydrogen-bond acceptors (Lipinski definition) is 4. The topological polar surface area (TPSA) is 67.4 Å². The maximum atomic E-state index is 11.9. The third-order valence-corrected chi connectivity index (χ3v) is 4.44. The summed E-state index contributed by atoms with van der Waals surface area (Å²) in [5, 5.41) is 5.55. The van der Waals surface area contributed by atoms with Gasteiger partial charge in [0.1, 0.15) is 5.75 Å². The molecule has 0 aliphatic rings. The quantitative estimate of drug-likeness (QED) is 0.731. The van der Waals surface area contributed by atoms with Gasteiger partial charge in [-0.2, -0.15) is 0 Å². The summed E-state index contributed by atoms with van der Waals surface area (Å²) in [6.45, 7) is 0. The van der Waals surface area contributed by atoms with Crippen molar-refractivity contribution in [2.45, 2.75) is 0 Å². The first kappa shape index (κ1) is 18.4. The molecule has 0 saturated carbocycles. The summed E-state index contributed by atoms with van der Waals surface area (Å²) in [5.41, 5.74) is 1.34. The molecular weight excluding hydrogens is 392 g/mol. The van der Waals surface area contributed by atoms with Crippen molar-refractivity contribution in [1.82, 2.24) is 0 Å². The number of amides is 2. The number of anilines is 2. The van der Waals surface area contributed by atoms with Crippen LogP contribution >= 0.6 is 27.7 Å². The molecule has 0 saturated heterocycles. The van der Waals surface area contributed by atoms with E-state index in [0.29, 0.717) is 11.4 Å². The molecule has 0 heterocycles. The molecule has 2 aromatic carbocycles. The minimum Gasteiger partial charge on any atom is -0.495 e. The van der Waals surface area contributed by atoms with Crippen molar-refractivity contribution >= 4 is 50.9 Å². The Kier molecular flexibility index (Phi) is 7.14. The van der Waals surface area contributed by atoms with E-state index < -0.39 is 0 Å². The molecule has 2 aromatic rings. The van der Waals surface area contributed by atoms with E-state index in [1.807, 2.05) is 24.3 Å². The maximum Gasteiger partial charge on any atom is 0.234 e. The molecule has 0 radical (unpaired) electrons. The summed E-state index contributed by atoms with van der Waals surface area (Å²) in [7, 11) is 1.55. The maximum absolute atomic E-state index is 11.9. The van der Waals surface area contributed by atoms with Crippen molar-refractivity contribution in [3.05, 3.63) is 53.0 Å². The average Bonchev–Trinajstić information content (AvgIpc) is 2.57. The second-order valence-electron chi connectivity index (χ2n) is 4.80. The molecule has 2 rings (SSSR count). The number of carbonyl (C=O) groups excluding carboxylic acids is 2. The fraction of sp³-hybridized carbons (Fsp3) is 0.176. The zero-order valence-electron chi connectivity index (χ0n) is 13.0. The van der Waals surface area contributed by atoms with Crippen LogP contribution in [0.4, 0.5) is 11.4 Å². The van der Waals surface area contributed by atoms with Gasteiger partial charge in [0.05, 0.1) is 24.3 Å². The van der Waals surface area contributed by atoms with E-state index in [2.05, 4.69) is 26.6 Å². The lowest BCUT2D eigenvalue weighted by atomic mass is 10.3. The average molecular weight is 409 g/mol. The minimum absolute atomic E-state index is 0.146. The van der Waals surface area contributed by atoms with Gasteiger partial charge in [0, 0.05) is 10.2 Å². The number of thioether (sulfide) groups is 1.